The van der Waals surface area contributed by atoms with Gasteiger partial charge < -0.3 is 21.7 Å². The number of thiazole rings is 1. The molecule has 0 bridgehead atoms. The third kappa shape index (κ3) is 6.79. The van der Waals surface area contributed by atoms with Crippen molar-refractivity contribution in [3.63, 3.8) is 0 Å². The maximum atomic E-state index is 12.0. The normalized spacial score (nSPS) is 14.0. The highest BCUT2D eigenvalue weighted by Crippen LogP contribution is 2.15. The van der Waals surface area contributed by atoms with Gasteiger partial charge in [0, 0.05) is 24.9 Å². The Kier molecular flexibility index (Phi) is 8.70. The first-order valence-electron chi connectivity index (χ1n) is 8.28. The Balaban J connectivity index is 2.26. The fourth-order valence-electron chi connectivity index (χ4n) is 1.96. The molecule has 9 nitrogen and oxygen atoms in total. The van der Waals surface area contributed by atoms with E-state index < -0.39 is 29.7 Å². The number of nitrogens with one attached hydrogen (secondary N) is 3. The number of aldehydes is 1. The van der Waals surface area contributed by atoms with E-state index in [2.05, 4.69) is 20.9 Å². The minimum atomic E-state index is -0.716. The smallest absolute Gasteiger partial charge is 0.242 e. The third-order valence-corrected chi connectivity index (χ3v) is 4.81. The molecule has 1 rings (SSSR count). The average molecular weight is 383 g/mol. The Hall–Kier alpha value is -2.49. The second-order valence-electron chi connectivity index (χ2n) is 5.97. The highest BCUT2D eigenvalue weighted by molar-refractivity contribution is 7.17. The van der Waals surface area contributed by atoms with Crippen LogP contribution in [0.4, 0.5) is 5.13 Å². The maximum Gasteiger partial charge on any atom is 0.242 e. The molecule has 5 N–H and O–H groups in total. The molecule has 10 heteroatoms. The number of aromatic nitrogens is 1. The van der Waals surface area contributed by atoms with Crippen molar-refractivity contribution in [2.75, 3.05) is 18.4 Å². The van der Waals surface area contributed by atoms with E-state index in [1.165, 1.54) is 17.5 Å². The molecule has 1 heterocycles. The lowest BCUT2D eigenvalue weighted by Crippen LogP contribution is -2.48. The lowest BCUT2D eigenvalue weighted by molar-refractivity contribution is -0.134. The van der Waals surface area contributed by atoms with Crippen LogP contribution in [-0.2, 0) is 14.4 Å². The van der Waals surface area contributed by atoms with E-state index in [0.29, 0.717) is 29.5 Å². The van der Waals surface area contributed by atoms with Crippen molar-refractivity contribution < 1.29 is 19.2 Å². The number of carbonyl (C=O) groups is 4. The summed E-state index contributed by atoms with van der Waals surface area (Å²) in [6, 6.07) is -0.716. The zero-order valence-electron chi connectivity index (χ0n) is 15.1. The first-order chi connectivity index (χ1) is 12.3. The molecule has 3 atom stereocenters. The SMILES string of the molecule is CC(C(N)=O)[C@H](C)C(=O)N[C@@H](C)C(=O)NCCCNc1ncc(C=O)s1. The molecule has 3 amide bonds. The summed E-state index contributed by atoms with van der Waals surface area (Å²) in [5.41, 5.74) is 5.19. The van der Waals surface area contributed by atoms with E-state index in [1.54, 1.807) is 20.8 Å². The van der Waals surface area contributed by atoms with Crippen LogP contribution in [0.15, 0.2) is 6.20 Å². The van der Waals surface area contributed by atoms with Crippen LogP contribution in [-0.4, -0.2) is 48.1 Å². The lowest BCUT2D eigenvalue weighted by Gasteiger charge is -2.20. The van der Waals surface area contributed by atoms with Gasteiger partial charge in [0.05, 0.1) is 11.1 Å². The van der Waals surface area contributed by atoms with Crippen molar-refractivity contribution in [3.05, 3.63) is 11.1 Å². The van der Waals surface area contributed by atoms with Gasteiger partial charge in [-0.3, -0.25) is 19.2 Å². The number of nitrogens with zero attached hydrogens (tertiary/aromatic N) is 1. The highest BCUT2D eigenvalue weighted by Gasteiger charge is 2.26. The Labute approximate surface area is 156 Å². The summed E-state index contributed by atoms with van der Waals surface area (Å²) >= 11 is 1.26. The first kappa shape index (κ1) is 21.6. The van der Waals surface area contributed by atoms with Gasteiger partial charge in [-0.25, -0.2) is 4.98 Å². The van der Waals surface area contributed by atoms with Crippen LogP contribution in [0.5, 0.6) is 0 Å². The highest BCUT2D eigenvalue weighted by atomic mass is 32.1. The standard InChI is InChI=1S/C16H25N5O4S/c1-9(13(17)23)10(2)14(24)21-11(3)15(25)18-5-4-6-19-16-20-7-12(8-22)26-16/h7-11H,4-6H2,1-3H3,(H2,17,23)(H,18,25)(H,19,20)(H,21,24)/t9?,10-,11-/m0/s1. The quantitative estimate of drug-likeness (QED) is 0.316. The zero-order chi connectivity index (χ0) is 19.7. The molecule has 1 unspecified atom stereocenters. The van der Waals surface area contributed by atoms with Gasteiger partial charge in [-0.2, -0.15) is 0 Å². The van der Waals surface area contributed by atoms with Gasteiger partial charge in [-0.05, 0) is 13.3 Å². The average Bonchev–Trinajstić information content (AvgIpc) is 3.07. The molecule has 0 aliphatic heterocycles. The number of hydrogen-bond donors (Lipinski definition) is 4. The Morgan fingerprint density at radius 2 is 1.88 bits per heavy atom. The molecule has 0 saturated heterocycles. The summed E-state index contributed by atoms with van der Waals surface area (Å²) in [6.07, 6.45) is 2.88. The van der Waals surface area contributed by atoms with Crippen LogP contribution in [0.25, 0.3) is 0 Å². The summed E-state index contributed by atoms with van der Waals surface area (Å²) < 4.78 is 0. The molecular formula is C16H25N5O4S. The van der Waals surface area contributed by atoms with Gasteiger partial charge in [0.1, 0.15) is 6.04 Å². The first-order valence-corrected chi connectivity index (χ1v) is 9.10. The van der Waals surface area contributed by atoms with Gasteiger partial charge >= 0.3 is 0 Å². The van der Waals surface area contributed by atoms with E-state index in [4.69, 9.17) is 5.73 Å². The lowest BCUT2D eigenvalue weighted by atomic mass is 9.94. The topological polar surface area (TPSA) is 143 Å². The Morgan fingerprint density at radius 3 is 2.46 bits per heavy atom. The van der Waals surface area contributed by atoms with E-state index in [1.807, 2.05) is 0 Å². The molecule has 0 aliphatic carbocycles. The maximum absolute atomic E-state index is 12.0. The third-order valence-electron chi connectivity index (χ3n) is 3.93. The number of hydrogen-bond acceptors (Lipinski definition) is 7. The van der Waals surface area contributed by atoms with Crippen LogP contribution in [0.1, 0.15) is 36.9 Å². The predicted octanol–water partition coefficient (Wildman–Crippen LogP) is 0.136. The fourth-order valence-corrected chi connectivity index (χ4v) is 2.61. The van der Waals surface area contributed by atoms with Crippen molar-refractivity contribution in [1.29, 1.82) is 0 Å². The van der Waals surface area contributed by atoms with Crippen LogP contribution >= 0.6 is 11.3 Å². The Bertz CT molecular complexity index is 648. The summed E-state index contributed by atoms with van der Waals surface area (Å²) in [6.45, 7) is 5.75. The fraction of sp³-hybridized carbons (Fsp3) is 0.562. The van der Waals surface area contributed by atoms with Gasteiger partial charge in [0.25, 0.3) is 0 Å². The number of nitrogens with two attached hydrogens (primary N) is 1. The largest absolute Gasteiger partial charge is 0.369 e. The van der Waals surface area contributed by atoms with Crippen molar-refractivity contribution in [2.24, 2.45) is 17.6 Å². The summed E-state index contributed by atoms with van der Waals surface area (Å²) in [4.78, 5) is 50.3. The van der Waals surface area contributed by atoms with E-state index >= 15 is 0 Å². The predicted molar refractivity (Wildman–Crippen MR) is 98.7 cm³/mol. The van der Waals surface area contributed by atoms with E-state index in [9.17, 15) is 19.2 Å². The summed E-state index contributed by atoms with van der Waals surface area (Å²) in [5.74, 6) is -2.48. The van der Waals surface area contributed by atoms with Crippen LogP contribution in [0, 0.1) is 11.8 Å². The van der Waals surface area contributed by atoms with Crippen molar-refractivity contribution in [2.45, 2.75) is 33.2 Å². The molecular weight excluding hydrogens is 358 g/mol. The molecule has 0 spiro atoms. The minimum Gasteiger partial charge on any atom is -0.369 e. The molecule has 0 radical (unpaired) electrons. The minimum absolute atomic E-state index is 0.310. The number of amides is 3. The van der Waals surface area contributed by atoms with Crippen molar-refractivity contribution in [3.8, 4) is 0 Å². The van der Waals surface area contributed by atoms with Crippen LogP contribution in [0.2, 0.25) is 0 Å². The number of anilines is 1. The van der Waals surface area contributed by atoms with E-state index in [-0.39, 0.29) is 5.91 Å². The zero-order valence-corrected chi connectivity index (χ0v) is 15.9. The van der Waals surface area contributed by atoms with Gasteiger partial charge in [0.15, 0.2) is 11.4 Å². The second kappa shape index (κ2) is 10.5. The van der Waals surface area contributed by atoms with Gasteiger partial charge in [0.2, 0.25) is 17.7 Å². The number of primary amides is 1. The van der Waals surface area contributed by atoms with E-state index in [0.717, 1.165) is 6.29 Å². The number of carbonyl (C=O) groups excluding carboxylic acids is 4. The van der Waals surface area contributed by atoms with Crippen LogP contribution in [0.3, 0.4) is 0 Å². The molecule has 0 aromatic carbocycles. The second-order valence-corrected chi connectivity index (χ2v) is 7.03. The number of rotatable bonds is 11. The van der Waals surface area contributed by atoms with Crippen LogP contribution < -0.4 is 21.7 Å². The molecule has 0 fully saturated rings. The molecule has 1 aromatic rings. The van der Waals surface area contributed by atoms with Crippen molar-refractivity contribution in [1.82, 2.24) is 15.6 Å². The van der Waals surface area contributed by atoms with Gasteiger partial charge in [-0.1, -0.05) is 25.2 Å². The molecule has 0 saturated carbocycles. The molecule has 144 valence electrons. The Morgan fingerprint density at radius 1 is 1.19 bits per heavy atom. The summed E-state index contributed by atoms with van der Waals surface area (Å²) in [7, 11) is 0. The molecule has 26 heavy (non-hydrogen) atoms. The van der Waals surface area contributed by atoms with Crippen molar-refractivity contribution >= 4 is 40.5 Å². The molecule has 1 aromatic heterocycles. The molecule has 0 aliphatic rings. The summed E-state index contributed by atoms with van der Waals surface area (Å²) in [5, 5.41) is 9.00. The van der Waals surface area contributed by atoms with Gasteiger partial charge in [-0.15, -0.1) is 0 Å². The monoisotopic (exact) mass is 383 g/mol.